The summed E-state index contributed by atoms with van der Waals surface area (Å²) < 4.78 is 32.4. The normalized spacial score (nSPS) is 23.9. The molecule has 0 saturated heterocycles. The summed E-state index contributed by atoms with van der Waals surface area (Å²) in [7, 11) is 0. The maximum atomic E-state index is 13.6. The summed E-state index contributed by atoms with van der Waals surface area (Å²) in [6.07, 6.45) is 3.69. The summed E-state index contributed by atoms with van der Waals surface area (Å²) in [5, 5.41) is 0. The molecule has 4 N–H and O–H groups in total. The molecular weight excluding hydrogens is 238 g/mol. The minimum atomic E-state index is -1.02. The Morgan fingerprint density at radius 3 is 2.67 bits per heavy atom. The van der Waals surface area contributed by atoms with Gasteiger partial charge in [0.05, 0.1) is 5.69 Å². The van der Waals surface area contributed by atoms with Crippen LogP contribution in [0.15, 0.2) is 12.1 Å². The highest BCUT2D eigenvalue weighted by Gasteiger charge is 2.27. The molecule has 0 spiro atoms. The van der Waals surface area contributed by atoms with Crippen LogP contribution >= 0.6 is 0 Å². The lowest BCUT2D eigenvalue weighted by atomic mass is 9.86. The SMILES string of the molecule is NCC1CCCCC1Oc1c(N)ccc(F)c1F. The third-order valence-corrected chi connectivity index (χ3v) is 3.49. The van der Waals surface area contributed by atoms with E-state index in [2.05, 4.69) is 0 Å². The third kappa shape index (κ3) is 2.56. The van der Waals surface area contributed by atoms with Gasteiger partial charge in [-0.15, -0.1) is 0 Å². The second-order valence-corrected chi connectivity index (χ2v) is 4.72. The minimum absolute atomic E-state index is 0.121. The number of halogens is 2. The molecule has 2 atom stereocenters. The van der Waals surface area contributed by atoms with Gasteiger partial charge in [-0.25, -0.2) is 4.39 Å². The molecular formula is C13H18F2N2O. The Kier molecular flexibility index (Phi) is 4.01. The zero-order chi connectivity index (χ0) is 13.1. The predicted molar refractivity (Wildman–Crippen MR) is 66.2 cm³/mol. The van der Waals surface area contributed by atoms with Crippen molar-refractivity contribution in [1.82, 2.24) is 0 Å². The highest BCUT2D eigenvalue weighted by molar-refractivity contribution is 5.53. The zero-order valence-electron chi connectivity index (χ0n) is 10.2. The van der Waals surface area contributed by atoms with Gasteiger partial charge < -0.3 is 16.2 Å². The van der Waals surface area contributed by atoms with Crippen LogP contribution in [0.2, 0.25) is 0 Å². The number of nitrogen functional groups attached to an aromatic ring is 1. The van der Waals surface area contributed by atoms with Gasteiger partial charge in [-0.05, 0) is 37.9 Å². The Balaban J connectivity index is 2.20. The zero-order valence-corrected chi connectivity index (χ0v) is 10.2. The van der Waals surface area contributed by atoms with Crippen LogP contribution in [0.4, 0.5) is 14.5 Å². The lowest BCUT2D eigenvalue weighted by Gasteiger charge is -2.31. The first-order valence-corrected chi connectivity index (χ1v) is 6.23. The average molecular weight is 256 g/mol. The lowest BCUT2D eigenvalue weighted by molar-refractivity contribution is 0.0927. The topological polar surface area (TPSA) is 61.3 Å². The molecule has 1 fully saturated rings. The van der Waals surface area contributed by atoms with Crippen LogP contribution in [0.5, 0.6) is 5.75 Å². The molecule has 5 heteroatoms. The van der Waals surface area contributed by atoms with Gasteiger partial charge in [-0.2, -0.15) is 4.39 Å². The molecule has 1 aromatic carbocycles. The number of anilines is 1. The molecule has 18 heavy (non-hydrogen) atoms. The van der Waals surface area contributed by atoms with Crippen molar-refractivity contribution in [1.29, 1.82) is 0 Å². The fourth-order valence-electron chi connectivity index (χ4n) is 2.42. The number of hydrogen-bond acceptors (Lipinski definition) is 3. The fourth-order valence-corrected chi connectivity index (χ4v) is 2.42. The Morgan fingerprint density at radius 1 is 1.22 bits per heavy atom. The van der Waals surface area contributed by atoms with Gasteiger partial charge in [-0.3, -0.25) is 0 Å². The molecule has 1 aromatic rings. The Morgan fingerprint density at radius 2 is 1.94 bits per heavy atom. The molecule has 0 heterocycles. The highest BCUT2D eigenvalue weighted by Crippen LogP contribution is 2.33. The summed E-state index contributed by atoms with van der Waals surface area (Å²) in [5.41, 5.74) is 11.4. The van der Waals surface area contributed by atoms with Crippen LogP contribution in [0.25, 0.3) is 0 Å². The van der Waals surface area contributed by atoms with Gasteiger partial charge in [0.2, 0.25) is 5.82 Å². The smallest absolute Gasteiger partial charge is 0.202 e. The Bertz CT molecular complexity index is 426. The van der Waals surface area contributed by atoms with E-state index in [0.717, 1.165) is 31.7 Å². The maximum Gasteiger partial charge on any atom is 0.202 e. The second kappa shape index (κ2) is 5.52. The third-order valence-electron chi connectivity index (χ3n) is 3.49. The Hall–Kier alpha value is -1.36. The van der Waals surface area contributed by atoms with Crippen molar-refractivity contribution in [2.24, 2.45) is 11.7 Å². The molecule has 0 amide bonds. The molecule has 0 bridgehead atoms. The van der Waals surface area contributed by atoms with Crippen LogP contribution < -0.4 is 16.2 Å². The predicted octanol–water partition coefficient (Wildman–Crippen LogP) is 2.44. The molecule has 0 aliphatic heterocycles. The number of nitrogens with two attached hydrogens (primary N) is 2. The highest BCUT2D eigenvalue weighted by atomic mass is 19.2. The molecule has 3 nitrogen and oxygen atoms in total. The molecule has 1 aliphatic carbocycles. The summed E-state index contributed by atoms with van der Waals surface area (Å²) in [6, 6.07) is 2.31. The second-order valence-electron chi connectivity index (χ2n) is 4.72. The van der Waals surface area contributed by atoms with Crippen LogP contribution in [0, 0.1) is 17.6 Å². The summed E-state index contributed by atoms with van der Waals surface area (Å²) in [4.78, 5) is 0. The van der Waals surface area contributed by atoms with Crippen molar-refractivity contribution in [3.63, 3.8) is 0 Å². The van der Waals surface area contributed by atoms with E-state index in [4.69, 9.17) is 16.2 Å². The van der Waals surface area contributed by atoms with E-state index < -0.39 is 11.6 Å². The van der Waals surface area contributed by atoms with E-state index in [0.29, 0.717) is 6.54 Å². The average Bonchev–Trinajstić information content (AvgIpc) is 2.39. The van der Waals surface area contributed by atoms with Crippen molar-refractivity contribution in [2.45, 2.75) is 31.8 Å². The summed E-state index contributed by atoms with van der Waals surface area (Å²) >= 11 is 0. The van der Waals surface area contributed by atoms with Gasteiger partial charge in [0, 0.05) is 5.92 Å². The van der Waals surface area contributed by atoms with Crippen LogP contribution in [0.3, 0.4) is 0 Å². The van der Waals surface area contributed by atoms with Gasteiger partial charge >= 0.3 is 0 Å². The van der Waals surface area contributed by atoms with Crippen molar-refractivity contribution in [2.75, 3.05) is 12.3 Å². The monoisotopic (exact) mass is 256 g/mol. The molecule has 0 aromatic heterocycles. The summed E-state index contributed by atoms with van der Waals surface area (Å²) in [6.45, 7) is 0.488. The minimum Gasteiger partial charge on any atom is -0.485 e. The van der Waals surface area contributed by atoms with E-state index in [9.17, 15) is 8.78 Å². The van der Waals surface area contributed by atoms with E-state index >= 15 is 0 Å². The quantitative estimate of drug-likeness (QED) is 0.816. The number of rotatable bonds is 3. The van der Waals surface area contributed by atoms with E-state index in [-0.39, 0.29) is 23.5 Å². The number of hydrogen-bond donors (Lipinski definition) is 2. The van der Waals surface area contributed by atoms with Crippen LogP contribution in [0.1, 0.15) is 25.7 Å². The van der Waals surface area contributed by atoms with Crippen molar-refractivity contribution in [3.8, 4) is 5.75 Å². The first-order valence-electron chi connectivity index (χ1n) is 6.23. The van der Waals surface area contributed by atoms with Gasteiger partial charge in [-0.1, -0.05) is 6.42 Å². The van der Waals surface area contributed by atoms with E-state index in [1.54, 1.807) is 0 Å². The molecule has 0 radical (unpaired) electrons. The first-order chi connectivity index (χ1) is 8.63. The molecule has 1 saturated carbocycles. The number of ether oxygens (including phenoxy) is 1. The van der Waals surface area contributed by atoms with Crippen LogP contribution in [-0.4, -0.2) is 12.6 Å². The maximum absolute atomic E-state index is 13.6. The van der Waals surface area contributed by atoms with Gasteiger partial charge in [0.1, 0.15) is 6.10 Å². The molecule has 2 unspecified atom stereocenters. The summed E-state index contributed by atoms with van der Waals surface area (Å²) in [5.74, 6) is -1.96. The number of benzene rings is 1. The Labute approximate surface area is 105 Å². The first kappa shape index (κ1) is 13.1. The van der Waals surface area contributed by atoms with Crippen molar-refractivity contribution >= 4 is 5.69 Å². The van der Waals surface area contributed by atoms with E-state index in [1.165, 1.54) is 6.07 Å². The van der Waals surface area contributed by atoms with Gasteiger partial charge in [0.15, 0.2) is 11.6 Å². The fraction of sp³-hybridized carbons (Fsp3) is 0.538. The molecule has 1 aliphatic rings. The van der Waals surface area contributed by atoms with E-state index in [1.807, 2.05) is 0 Å². The van der Waals surface area contributed by atoms with Crippen molar-refractivity contribution in [3.05, 3.63) is 23.8 Å². The van der Waals surface area contributed by atoms with Gasteiger partial charge in [0.25, 0.3) is 0 Å². The molecule has 100 valence electrons. The largest absolute Gasteiger partial charge is 0.485 e. The lowest BCUT2D eigenvalue weighted by Crippen LogP contribution is -2.35. The van der Waals surface area contributed by atoms with Crippen molar-refractivity contribution < 1.29 is 13.5 Å². The van der Waals surface area contributed by atoms with Crippen LogP contribution in [-0.2, 0) is 0 Å². The standard InChI is InChI=1S/C13H18F2N2O/c14-9-5-6-10(17)13(12(9)15)18-11-4-2-1-3-8(11)7-16/h5-6,8,11H,1-4,7,16-17H2. The molecule has 2 rings (SSSR count).